The summed E-state index contributed by atoms with van der Waals surface area (Å²) in [6.07, 6.45) is 6.26. The van der Waals surface area contributed by atoms with Crippen molar-refractivity contribution in [3.63, 3.8) is 0 Å². The summed E-state index contributed by atoms with van der Waals surface area (Å²) in [6, 6.07) is 10.3. The molecule has 29 heavy (non-hydrogen) atoms. The molecule has 4 rings (SSSR count). The highest BCUT2D eigenvalue weighted by Crippen LogP contribution is 2.37. The molecule has 1 aliphatic rings. The number of thioether (sulfide) groups is 1. The summed E-state index contributed by atoms with van der Waals surface area (Å²) >= 11 is 3.06. The van der Waals surface area contributed by atoms with Crippen LogP contribution in [0.1, 0.15) is 40.8 Å². The van der Waals surface area contributed by atoms with Gasteiger partial charge in [-0.25, -0.2) is 0 Å². The summed E-state index contributed by atoms with van der Waals surface area (Å²) in [7, 11) is 0. The first kappa shape index (κ1) is 19.7. The van der Waals surface area contributed by atoms with Crippen LogP contribution >= 0.6 is 23.1 Å². The van der Waals surface area contributed by atoms with Crippen LogP contribution in [0.3, 0.4) is 0 Å². The highest BCUT2D eigenvalue weighted by atomic mass is 32.2. The van der Waals surface area contributed by atoms with E-state index in [2.05, 4.69) is 21.6 Å². The van der Waals surface area contributed by atoms with E-state index in [1.54, 1.807) is 17.7 Å². The second-order valence-electron chi connectivity index (χ2n) is 6.94. The lowest BCUT2D eigenvalue weighted by Crippen LogP contribution is -2.12. The van der Waals surface area contributed by atoms with Gasteiger partial charge >= 0.3 is 0 Å². The first-order valence-electron chi connectivity index (χ1n) is 9.60. The average Bonchev–Trinajstić information content (AvgIpc) is 3.32. The maximum Gasteiger partial charge on any atom is 0.225 e. The SMILES string of the molecule is Cc1ccccc1-n1cnnc1SCCC(=O)Nc1sc2c(c1C#N)CCCC2. The molecule has 8 heteroatoms. The number of carbonyl (C=O) groups excluding carboxylic acids is 1. The minimum absolute atomic E-state index is 0.0745. The topological polar surface area (TPSA) is 83.6 Å². The molecule has 6 nitrogen and oxygen atoms in total. The minimum atomic E-state index is -0.0745. The maximum atomic E-state index is 12.5. The number of amides is 1. The predicted octanol–water partition coefficient (Wildman–Crippen LogP) is 4.51. The Morgan fingerprint density at radius 2 is 2.17 bits per heavy atom. The van der Waals surface area contributed by atoms with E-state index >= 15 is 0 Å². The van der Waals surface area contributed by atoms with Crippen LogP contribution in [0.2, 0.25) is 0 Å². The van der Waals surface area contributed by atoms with Gasteiger partial charge in [0.05, 0.1) is 11.3 Å². The Morgan fingerprint density at radius 1 is 1.34 bits per heavy atom. The molecule has 1 aromatic carbocycles. The first-order valence-corrected chi connectivity index (χ1v) is 11.4. The fourth-order valence-electron chi connectivity index (χ4n) is 3.52. The van der Waals surface area contributed by atoms with Crippen molar-refractivity contribution < 1.29 is 4.79 Å². The van der Waals surface area contributed by atoms with Gasteiger partial charge < -0.3 is 5.32 Å². The van der Waals surface area contributed by atoms with Crippen molar-refractivity contribution in [2.24, 2.45) is 0 Å². The first-order chi connectivity index (χ1) is 14.2. The molecule has 2 aromatic heterocycles. The monoisotopic (exact) mass is 423 g/mol. The molecule has 148 valence electrons. The molecule has 3 aromatic rings. The molecule has 0 saturated heterocycles. The largest absolute Gasteiger partial charge is 0.317 e. The van der Waals surface area contributed by atoms with Crippen molar-refractivity contribution in [2.75, 3.05) is 11.1 Å². The number of anilines is 1. The Kier molecular flexibility index (Phi) is 5.97. The number of para-hydroxylation sites is 1. The molecule has 0 fully saturated rings. The summed E-state index contributed by atoms with van der Waals surface area (Å²) in [5.74, 6) is 0.512. The molecule has 0 aliphatic heterocycles. The molecule has 0 unspecified atom stereocenters. The van der Waals surface area contributed by atoms with Gasteiger partial charge in [0.25, 0.3) is 0 Å². The Morgan fingerprint density at radius 3 is 3.00 bits per heavy atom. The van der Waals surface area contributed by atoms with Gasteiger partial charge in [-0.2, -0.15) is 5.26 Å². The third-order valence-corrected chi connectivity index (χ3v) is 7.14. The fraction of sp³-hybridized carbons (Fsp3) is 0.333. The van der Waals surface area contributed by atoms with Crippen LogP contribution in [0, 0.1) is 18.3 Å². The third kappa shape index (κ3) is 4.21. The number of thiophene rings is 1. The molecular weight excluding hydrogens is 402 g/mol. The molecule has 1 aliphatic carbocycles. The smallest absolute Gasteiger partial charge is 0.225 e. The third-order valence-electron chi connectivity index (χ3n) is 4.99. The number of aromatic nitrogens is 3. The van der Waals surface area contributed by atoms with Gasteiger partial charge in [-0.1, -0.05) is 30.0 Å². The van der Waals surface area contributed by atoms with E-state index in [1.165, 1.54) is 16.6 Å². The van der Waals surface area contributed by atoms with Crippen LogP contribution in [0.25, 0.3) is 5.69 Å². The molecule has 0 spiro atoms. The highest BCUT2D eigenvalue weighted by Gasteiger charge is 2.21. The van der Waals surface area contributed by atoms with Crippen molar-refractivity contribution in [1.29, 1.82) is 5.26 Å². The van der Waals surface area contributed by atoms with Crippen molar-refractivity contribution >= 4 is 34.0 Å². The Labute approximate surface area is 178 Å². The predicted molar refractivity (Wildman–Crippen MR) is 116 cm³/mol. The van der Waals surface area contributed by atoms with Crippen LogP contribution in [0.5, 0.6) is 0 Å². The lowest BCUT2D eigenvalue weighted by Gasteiger charge is -2.09. The van der Waals surface area contributed by atoms with Crippen LogP contribution in [-0.4, -0.2) is 26.4 Å². The van der Waals surface area contributed by atoms with Crippen LogP contribution < -0.4 is 5.32 Å². The molecule has 2 heterocycles. The number of carbonyl (C=O) groups is 1. The average molecular weight is 424 g/mol. The van der Waals surface area contributed by atoms with E-state index in [-0.39, 0.29) is 5.91 Å². The maximum absolute atomic E-state index is 12.5. The van der Waals surface area contributed by atoms with E-state index in [0.29, 0.717) is 22.7 Å². The van der Waals surface area contributed by atoms with Gasteiger partial charge in [0, 0.05) is 17.1 Å². The Hall–Kier alpha value is -2.63. The van der Waals surface area contributed by atoms with Crippen LogP contribution in [0.15, 0.2) is 35.7 Å². The van der Waals surface area contributed by atoms with Gasteiger partial charge in [0.2, 0.25) is 5.91 Å². The number of fused-ring (bicyclic) bond motifs is 1. The van der Waals surface area contributed by atoms with E-state index in [9.17, 15) is 10.1 Å². The second-order valence-corrected chi connectivity index (χ2v) is 9.11. The normalized spacial score (nSPS) is 13.0. The quantitative estimate of drug-likeness (QED) is 0.590. The number of hydrogen-bond acceptors (Lipinski definition) is 6. The van der Waals surface area contributed by atoms with Gasteiger partial charge in [0.15, 0.2) is 5.16 Å². The number of nitriles is 1. The molecule has 1 N–H and O–H groups in total. The number of hydrogen-bond donors (Lipinski definition) is 1. The zero-order valence-electron chi connectivity index (χ0n) is 16.1. The minimum Gasteiger partial charge on any atom is -0.317 e. The van der Waals surface area contributed by atoms with E-state index in [1.807, 2.05) is 35.8 Å². The van der Waals surface area contributed by atoms with Crippen LogP contribution in [0.4, 0.5) is 5.00 Å². The van der Waals surface area contributed by atoms with Crippen molar-refractivity contribution in [1.82, 2.24) is 14.8 Å². The highest BCUT2D eigenvalue weighted by molar-refractivity contribution is 7.99. The van der Waals surface area contributed by atoms with Gasteiger partial charge in [-0.15, -0.1) is 21.5 Å². The zero-order valence-corrected chi connectivity index (χ0v) is 17.8. The van der Waals surface area contributed by atoms with E-state index < -0.39 is 0 Å². The van der Waals surface area contributed by atoms with Crippen molar-refractivity contribution in [3.05, 3.63) is 52.2 Å². The summed E-state index contributed by atoms with van der Waals surface area (Å²) in [5, 5.41) is 22.2. The molecular formula is C21H21N5OS2. The second kappa shape index (κ2) is 8.80. The van der Waals surface area contributed by atoms with Gasteiger partial charge in [-0.3, -0.25) is 9.36 Å². The summed E-state index contributed by atoms with van der Waals surface area (Å²) < 4.78 is 1.94. The molecule has 0 atom stereocenters. The number of rotatable bonds is 6. The molecule has 0 radical (unpaired) electrons. The summed E-state index contributed by atoms with van der Waals surface area (Å²) in [5.41, 5.74) is 3.97. The van der Waals surface area contributed by atoms with Crippen molar-refractivity contribution in [2.45, 2.75) is 44.2 Å². The summed E-state index contributed by atoms with van der Waals surface area (Å²) in [4.78, 5) is 13.7. The van der Waals surface area contributed by atoms with Gasteiger partial charge in [-0.05, 0) is 49.8 Å². The summed E-state index contributed by atoms with van der Waals surface area (Å²) in [6.45, 7) is 2.05. The fourth-order valence-corrected chi connectivity index (χ4v) is 5.63. The molecule has 0 saturated carbocycles. The van der Waals surface area contributed by atoms with E-state index in [4.69, 9.17) is 0 Å². The molecule has 0 bridgehead atoms. The zero-order chi connectivity index (χ0) is 20.2. The number of nitrogens with zero attached hydrogens (tertiary/aromatic N) is 4. The van der Waals surface area contributed by atoms with Gasteiger partial charge in [0.1, 0.15) is 17.4 Å². The van der Waals surface area contributed by atoms with Crippen LogP contribution in [-0.2, 0) is 17.6 Å². The number of nitrogens with one attached hydrogen (secondary N) is 1. The lowest BCUT2D eigenvalue weighted by molar-refractivity contribution is -0.115. The number of benzene rings is 1. The van der Waals surface area contributed by atoms with Crippen molar-refractivity contribution in [3.8, 4) is 11.8 Å². The molecule has 1 amide bonds. The standard InChI is InChI=1S/C21H21N5OS2/c1-14-6-2-4-8-17(14)26-13-23-25-21(26)28-11-10-19(27)24-20-16(12-22)15-7-3-5-9-18(15)29-20/h2,4,6,8,13H,3,5,7,9-11H2,1H3,(H,24,27). The Bertz CT molecular complexity index is 1080. The lowest BCUT2D eigenvalue weighted by atomic mass is 9.96. The number of aryl methyl sites for hydroxylation is 2. The Balaban J connectivity index is 1.38. The van der Waals surface area contributed by atoms with E-state index in [0.717, 1.165) is 47.7 Å².